The third kappa shape index (κ3) is 3.19. The maximum atomic E-state index is 12.8. The maximum absolute atomic E-state index is 12.8. The van der Waals surface area contributed by atoms with Gasteiger partial charge in [-0.3, -0.25) is 9.20 Å². The van der Waals surface area contributed by atoms with Crippen molar-refractivity contribution in [3.63, 3.8) is 0 Å². The second kappa shape index (κ2) is 6.61. The number of benzene rings is 1. The topological polar surface area (TPSA) is 46.8 Å². The van der Waals surface area contributed by atoms with Crippen molar-refractivity contribution in [2.75, 3.05) is 13.2 Å². The highest BCUT2D eigenvalue weighted by molar-refractivity contribution is 7.15. The van der Waals surface area contributed by atoms with E-state index in [1.165, 1.54) is 0 Å². The number of ether oxygens (including phenoxy) is 1. The first-order valence-corrected chi connectivity index (χ1v) is 9.41. The highest BCUT2D eigenvalue weighted by Crippen LogP contribution is 2.24. The number of hydrogen-bond acceptors (Lipinski definition) is 4. The van der Waals surface area contributed by atoms with E-state index in [-0.39, 0.29) is 18.1 Å². The lowest BCUT2D eigenvalue weighted by Gasteiger charge is -2.36. The number of morpholine rings is 1. The Balaban J connectivity index is 1.57. The molecule has 0 spiro atoms. The minimum Gasteiger partial charge on any atom is -0.375 e. The zero-order valence-electron chi connectivity index (χ0n) is 14.4. The summed E-state index contributed by atoms with van der Waals surface area (Å²) < 4.78 is 7.66. The van der Waals surface area contributed by atoms with Gasteiger partial charge < -0.3 is 9.64 Å². The van der Waals surface area contributed by atoms with Crippen LogP contribution in [-0.4, -0.2) is 45.5 Å². The van der Waals surface area contributed by atoms with Gasteiger partial charge >= 0.3 is 0 Å². The Kier molecular flexibility index (Phi) is 4.31. The van der Waals surface area contributed by atoms with Gasteiger partial charge in [0, 0.05) is 29.4 Å². The molecule has 0 saturated carbocycles. The zero-order chi connectivity index (χ0) is 17.4. The maximum Gasteiger partial charge on any atom is 0.228 e. The van der Waals surface area contributed by atoms with Crippen molar-refractivity contribution in [3.05, 3.63) is 47.6 Å². The van der Waals surface area contributed by atoms with Gasteiger partial charge in [-0.25, -0.2) is 4.98 Å². The largest absolute Gasteiger partial charge is 0.375 e. The van der Waals surface area contributed by atoms with Crippen LogP contribution in [0.4, 0.5) is 0 Å². The molecule has 4 rings (SSSR count). The fraction of sp³-hybridized carbons (Fsp3) is 0.368. The average Bonchev–Trinajstić information content (AvgIpc) is 3.20. The van der Waals surface area contributed by atoms with Crippen molar-refractivity contribution in [1.29, 1.82) is 0 Å². The molecule has 130 valence electrons. The van der Waals surface area contributed by atoms with E-state index in [9.17, 15) is 4.79 Å². The molecule has 25 heavy (non-hydrogen) atoms. The van der Waals surface area contributed by atoms with Crippen LogP contribution in [0.3, 0.4) is 0 Å². The predicted octanol–water partition coefficient (Wildman–Crippen LogP) is 3.24. The number of imidazole rings is 1. The molecule has 3 heterocycles. The van der Waals surface area contributed by atoms with E-state index in [2.05, 4.69) is 4.98 Å². The third-order valence-corrected chi connectivity index (χ3v) is 5.50. The minimum absolute atomic E-state index is 0.0978. The molecule has 1 saturated heterocycles. The lowest BCUT2D eigenvalue weighted by atomic mass is 10.1. The fourth-order valence-electron chi connectivity index (χ4n) is 3.21. The summed E-state index contributed by atoms with van der Waals surface area (Å²) in [5, 5.41) is 2.03. The van der Waals surface area contributed by atoms with E-state index in [0.29, 0.717) is 19.6 Å². The van der Waals surface area contributed by atoms with E-state index < -0.39 is 0 Å². The molecule has 5 nitrogen and oxygen atoms in total. The zero-order valence-corrected chi connectivity index (χ0v) is 15.2. The van der Waals surface area contributed by atoms with Crippen molar-refractivity contribution in [3.8, 4) is 11.3 Å². The Morgan fingerprint density at radius 3 is 2.92 bits per heavy atom. The van der Waals surface area contributed by atoms with Crippen LogP contribution in [0.15, 0.2) is 41.9 Å². The number of hydrogen-bond donors (Lipinski definition) is 0. The van der Waals surface area contributed by atoms with E-state index in [1.54, 1.807) is 11.3 Å². The van der Waals surface area contributed by atoms with Gasteiger partial charge in [-0.05, 0) is 13.8 Å². The minimum atomic E-state index is 0.0978. The first-order chi connectivity index (χ1) is 12.1. The Morgan fingerprint density at radius 1 is 1.32 bits per heavy atom. The van der Waals surface area contributed by atoms with Gasteiger partial charge in [-0.2, -0.15) is 0 Å². The number of aromatic nitrogens is 2. The van der Waals surface area contributed by atoms with E-state index in [1.807, 2.05) is 65.1 Å². The summed E-state index contributed by atoms with van der Waals surface area (Å²) in [6.45, 7) is 5.32. The lowest BCUT2D eigenvalue weighted by Crippen LogP contribution is -2.50. The molecule has 0 N–H and O–H groups in total. The number of fused-ring (bicyclic) bond motifs is 1. The van der Waals surface area contributed by atoms with Gasteiger partial charge in [0.1, 0.15) is 0 Å². The van der Waals surface area contributed by atoms with Gasteiger partial charge in [0.25, 0.3) is 0 Å². The number of carbonyl (C=O) groups is 1. The van der Waals surface area contributed by atoms with Crippen LogP contribution in [0.25, 0.3) is 16.2 Å². The standard InChI is InChI=1S/C19H21N3O2S/c1-13-11-24-14(2)9-21(13)18(23)8-16-12-25-19-20-17(10-22(16)19)15-6-4-3-5-7-15/h3-7,10,12-14H,8-9,11H2,1-2H3. The predicted molar refractivity (Wildman–Crippen MR) is 98.8 cm³/mol. The highest BCUT2D eigenvalue weighted by Gasteiger charge is 2.28. The molecule has 0 bridgehead atoms. The number of carbonyl (C=O) groups excluding carboxylic acids is 1. The Labute approximate surface area is 150 Å². The molecule has 2 atom stereocenters. The molecule has 6 heteroatoms. The van der Waals surface area contributed by atoms with Crippen molar-refractivity contribution in [1.82, 2.24) is 14.3 Å². The van der Waals surface area contributed by atoms with E-state index in [4.69, 9.17) is 4.74 Å². The molecular weight excluding hydrogens is 334 g/mol. The van der Waals surface area contributed by atoms with Gasteiger partial charge in [0.15, 0.2) is 4.96 Å². The van der Waals surface area contributed by atoms with Crippen LogP contribution in [0.2, 0.25) is 0 Å². The van der Waals surface area contributed by atoms with Crippen molar-refractivity contribution >= 4 is 22.2 Å². The molecule has 2 unspecified atom stereocenters. The number of thiazole rings is 1. The molecule has 0 aliphatic carbocycles. The van der Waals surface area contributed by atoms with Crippen LogP contribution in [0.5, 0.6) is 0 Å². The Bertz CT molecular complexity index is 887. The third-order valence-electron chi connectivity index (χ3n) is 4.61. The number of rotatable bonds is 3. The summed E-state index contributed by atoms with van der Waals surface area (Å²) in [6, 6.07) is 10.2. The molecule has 1 fully saturated rings. The quantitative estimate of drug-likeness (QED) is 0.725. The molecular formula is C19H21N3O2S. The summed E-state index contributed by atoms with van der Waals surface area (Å²) in [7, 11) is 0. The summed E-state index contributed by atoms with van der Waals surface area (Å²) in [5.41, 5.74) is 3.02. The smallest absolute Gasteiger partial charge is 0.228 e. The summed E-state index contributed by atoms with van der Waals surface area (Å²) in [4.78, 5) is 20.3. The summed E-state index contributed by atoms with van der Waals surface area (Å²) in [5.74, 6) is 0.150. The van der Waals surface area contributed by atoms with Crippen LogP contribution >= 0.6 is 11.3 Å². The van der Waals surface area contributed by atoms with Crippen LogP contribution < -0.4 is 0 Å². The van der Waals surface area contributed by atoms with Gasteiger partial charge in [0.05, 0.1) is 30.9 Å². The normalized spacial score (nSPS) is 21.0. The van der Waals surface area contributed by atoms with Crippen molar-refractivity contribution in [2.45, 2.75) is 32.4 Å². The van der Waals surface area contributed by atoms with Crippen LogP contribution in [0, 0.1) is 0 Å². The molecule has 3 aromatic rings. The fourth-order valence-corrected chi connectivity index (χ4v) is 4.08. The first kappa shape index (κ1) is 16.3. The SMILES string of the molecule is CC1CN(C(=O)Cc2csc3nc(-c4ccccc4)cn23)C(C)CO1. The number of amides is 1. The molecule has 1 aromatic carbocycles. The monoisotopic (exact) mass is 355 g/mol. The van der Waals surface area contributed by atoms with Gasteiger partial charge in [0.2, 0.25) is 5.91 Å². The molecule has 1 aliphatic heterocycles. The Morgan fingerprint density at radius 2 is 2.12 bits per heavy atom. The summed E-state index contributed by atoms with van der Waals surface area (Å²) >= 11 is 1.58. The highest BCUT2D eigenvalue weighted by atomic mass is 32.1. The second-order valence-electron chi connectivity index (χ2n) is 6.59. The van der Waals surface area contributed by atoms with Gasteiger partial charge in [-0.1, -0.05) is 30.3 Å². The Hall–Kier alpha value is -2.18. The van der Waals surface area contributed by atoms with E-state index >= 15 is 0 Å². The van der Waals surface area contributed by atoms with E-state index in [0.717, 1.165) is 21.9 Å². The van der Waals surface area contributed by atoms with Crippen molar-refractivity contribution in [2.24, 2.45) is 0 Å². The first-order valence-electron chi connectivity index (χ1n) is 8.54. The molecule has 1 amide bonds. The van der Waals surface area contributed by atoms with Crippen LogP contribution in [-0.2, 0) is 16.0 Å². The molecule has 1 aliphatic rings. The lowest BCUT2D eigenvalue weighted by molar-refractivity contribution is -0.142. The summed E-state index contributed by atoms with van der Waals surface area (Å²) in [6.07, 6.45) is 2.51. The number of nitrogens with zero attached hydrogens (tertiary/aromatic N) is 3. The molecule has 2 aromatic heterocycles. The molecule has 0 radical (unpaired) electrons. The van der Waals surface area contributed by atoms with Crippen LogP contribution in [0.1, 0.15) is 19.5 Å². The van der Waals surface area contributed by atoms with Gasteiger partial charge in [-0.15, -0.1) is 11.3 Å². The second-order valence-corrected chi connectivity index (χ2v) is 7.42. The average molecular weight is 355 g/mol. The van der Waals surface area contributed by atoms with Crippen molar-refractivity contribution < 1.29 is 9.53 Å².